The first kappa shape index (κ1) is 13.9. The molecule has 86 valence electrons. The Morgan fingerprint density at radius 3 is 2.21 bits per heavy atom. The van der Waals surface area contributed by atoms with Gasteiger partial charge in [-0.2, -0.15) is 0 Å². The lowest BCUT2D eigenvalue weighted by Crippen LogP contribution is -2.23. The highest BCUT2D eigenvalue weighted by Crippen LogP contribution is 2.20. The second-order valence-electron chi connectivity index (χ2n) is 5.37. The van der Waals surface area contributed by atoms with Gasteiger partial charge < -0.3 is 9.84 Å². The molecular weight excluding hydrogens is 176 g/mol. The molecule has 0 amide bonds. The van der Waals surface area contributed by atoms with E-state index in [4.69, 9.17) is 9.84 Å². The average Bonchev–Trinajstić information content (AvgIpc) is 2.03. The van der Waals surface area contributed by atoms with Crippen LogP contribution in [0, 0.1) is 17.3 Å². The summed E-state index contributed by atoms with van der Waals surface area (Å²) in [7, 11) is 0. The highest BCUT2D eigenvalue weighted by atomic mass is 16.5. The van der Waals surface area contributed by atoms with E-state index in [0.717, 1.165) is 19.6 Å². The minimum absolute atomic E-state index is 0.103. The summed E-state index contributed by atoms with van der Waals surface area (Å²) in [5.41, 5.74) is 0.103. The third kappa shape index (κ3) is 6.39. The summed E-state index contributed by atoms with van der Waals surface area (Å²) >= 11 is 0. The second-order valence-corrected chi connectivity index (χ2v) is 5.37. The summed E-state index contributed by atoms with van der Waals surface area (Å²) in [4.78, 5) is 0. The standard InChI is InChI=1S/C12H26O2/c1-10(2)11(3)8-14-9-12(4,5)6-7-13/h10-11,13H,6-9H2,1-5H3. The minimum Gasteiger partial charge on any atom is -0.396 e. The van der Waals surface area contributed by atoms with E-state index in [2.05, 4.69) is 34.6 Å². The van der Waals surface area contributed by atoms with Crippen LogP contribution in [0.2, 0.25) is 0 Å². The third-order valence-corrected chi connectivity index (χ3v) is 2.80. The van der Waals surface area contributed by atoms with Crippen LogP contribution in [0.3, 0.4) is 0 Å². The molecule has 0 aliphatic heterocycles. The molecule has 0 aliphatic rings. The van der Waals surface area contributed by atoms with Crippen LogP contribution in [0.5, 0.6) is 0 Å². The van der Waals surface area contributed by atoms with Gasteiger partial charge in [-0.05, 0) is 23.7 Å². The van der Waals surface area contributed by atoms with E-state index in [9.17, 15) is 0 Å². The van der Waals surface area contributed by atoms with Crippen molar-refractivity contribution in [1.29, 1.82) is 0 Å². The van der Waals surface area contributed by atoms with Gasteiger partial charge in [0.2, 0.25) is 0 Å². The third-order valence-electron chi connectivity index (χ3n) is 2.80. The van der Waals surface area contributed by atoms with Crippen molar-refractivity contribution in [3.63, 3.8) is 0 Å². The van der Waals surface area contributed by atoms with E-state index in [1.54, 1.807) is 0 Å². The normalized spacial score (nSPS) is 14.8. The van der Waals surface area contributed by atoms with E-state index in [1.807, 2.05) is 0 Å². The first-order chi connectivity index (χ1) is 6.39. The van der Waals surface area contributed by atoms with Crippen molar-refractivity contribution < 1.29 is 9.84 Å². The van der Waals surface area contributed by atoms with E-state index in [0.29, 0.717) is 11.8 Å². The fourth-order valence-corrected chi connectivity index (χ4v) is 1.09. The molecule has 0 heterocycles. The zero-order valence-corrected chi connectivity index (χ0v) is 10.3. The summed E-state index contributed by atoms with van der Waals surface area (Å²) < 4.78 is 5.66. The fraction of sp³-hybridized carbons (Fsp3) is 1.00. The number of rotatable bonds is 7. The molecule has 0 rings (SSSR count). The molecule has 2 nitrogen and oxygen atoms in total. The first-order valence-electron chi connectivity index (χ1n) is 5.57. The topological polar surface area (TPSA) is 29.5 Å². The number of hydrogen-bond donors (Lipinski definition) is 1. The van der Waals surface area contributed by atoms with Crippen molar-refractivity contribution in [2.45, 2.75) is 41.0 Å². The molecular formula is C12H26O2. The Morgan fingerprint density at radius 2 is 1.79 bits per heavy atom. The van der Waals surface area contributed by atoms with Crippen LogP contribution in [0.15, 0.2) is 0 Å². The van der Waals surface area contributed by atoms with Gasteiger partial charge in [0, 0.05) is 13.2 Å². The van der Waals surface area contributed by atoms with Gasteiger partial charge in [-0.25, -0.2) is 0 Å². The number of aliphatic hydroxyl groups excluding tert-OH is 1. The van der Waals surface area contributed by atoms with Crippen LogP contribution < -0.4 is 0 Å². The Kier molecular flexibility index (Phi) is 6.38. The predicted molar refractivity (Wildman–Crippen MR) is 60.3 cm³/mol. The number of ether oxygens (including phenoxy) is 1. The Labute approximate surface area is 88.7 Å². The molecule has 1 atom stereocenters. The van der Waals surface area contributed by atoms with Gasteiger partial charge >= 0.3 is 0 Å². The Hall–Kier alpha value is -0.0800. The highest BCUT2D eigenvalue weighted by molar-refractivity contribution is 4.67. The second kappa shape index (κ2) is 6.41. The summed E-state index contributed by atoms with van der Waals surface area (Å²) in [5.74, 6) is 1.29. The lowest BCUT2D eigenvalue weighted by atomic mass is 9.91. The zero-order chi connectivity index (χ0) is 11.2. The molecule has 0 fully saturated rings. The molecule has 0 saturated carbocycles. The smallest absolute Gasteiger partial charge is 0.0518 e. The van der Waals surface area contributed by atoms with Crippen molar-refractivity contribution >= 4 is 0 Å². The van der Waals surface area contributed by atoms with Crippen LogP contribution in [0.25, 0.3) is 0 Å². The quantitative estimate of drug-likeness (QED) is 0.688. The molecule has 0 aromatic heterocycles. The van der Waals surface area contributed by atoms with Crippen LogP contribution in [-0.4, -0.2) is 24.9 Å². The molecule has 14 heavy (non-hydrogen) atoms. The summed E-state index contributed by atoms with van der Waals surface area (Å²) in [6, 6.07) is 0. The Morgan fingerprint density at radius 1 is 1.21 bits per heavy atom. The maximum absolute atomic E-state index is 8.84. The summed E-state index contributed by atoms with van der Waals surface area (Å²) in [6.45, 7) is 12.7. The maximum Gasteiger partial charge on any atom is 0.0518 e. The predicted octanol–water partition coefficient (Wildman–Crippen LogP) is 2.70. The minimum atomic E-state index is 0.103. The lowest BCUT2D eigenvalue weighted by Gasteiger charge is -2.25. The highest BCUT2D eigenvalue weighted by Gasteiger charge is 2.18. The van der Waals surface area contributed by atoms with Gasteiger partial charge in [0.25, 0.3) is 0 Å². The molecule has 1 N–H and O–H groups in total. The van der Waals surface area contributed by atoms with Crippen molar-refractivity contribution in [3.8, 4) is 0 Å². The van der Waals surface area contributed by atoms with Crippen LogP contribution >= 0.6 is 0 Å². The van der Waals surface area contributed by atoms with E-state index >= 15 is 0 Å². The Balaban J connectivity index is 3.62. The van der Waals surface area contributed by atoms with Gasteiger partial charge in [-0.1, -0.05) is 34.6 Å². The molecule has 1 unspecified atom stereocenters. The first-order valence-corrected chi connectivity index (χ1v) is 5.57. The van der Waals surface area contributed by atoms with Crippen molar-refractivity contribution in [3.05, 3.63) is 0 Å². The van der Waals surface area contributed by atoms with Crippen LogP contribution in [0.1, 0.15) is 41.0 Å². The van der Waals surface area contributed by atoms with Crippen molar-refractivity contribution in [2.24, 2.45) is 17.3 Å². The van der Waals surface area contributed by atoms with Gasteiger partial charge in [0.15, 0.2) is 0 Å². The monoisotopic (exact) mass is 202 g/mol. The fourth-order valence-electron chi connectivity index (χ4n) is 1.09. The molecule has 0 aliphatic carbocycles. The average molecular weight is 202 g/mol. The van der Waals surface area contributed by atoms with E-state index < -0.39 is 0 Å². The van der Waals surface area contributed by atoms with E-state index in [1.165, 1.54) is 0 Å². The van der Waals surface area contributed by atoms with E-state index in [-0.39, 0.29) is 12.0 Å². The van der Waals surface area contributed by atoms with Gasteiger partial charge in [-0.3, -0.25) is 0 Å². The van der Waals surface area contributed by atoms with Crippen LogP contribution in [-0.2, 0) is 4.74 Å². The van der Waals surface area contributed by atoms with Crippen LogP contribution in [0.4, 0.5) is 0 Å². The van der Waals surface area contributed by atoms with Crippen molar-refractivity contribution in [2.75, 3.05) is 19.8 Å². The van der Waals surface area contributed by atoms with Gasteiger partial charge in [-0.15, -0.1) is 0 Å². The molecule has 0 aromatic carbocycles. The van der Waals surface area contributed by atoms with Gasteiger partial charge in [0.1, 0.15) is 0 Å². The van der Waals surface area contributed by atoms with Gasteiger partial charge in [0.05, 0.1) is 6.61 Å². The number of hydrogen-bond acceptors (Lipinski definition) is 2. The molecule has 2 heteroatoms. The zero-order valence-electron chi connectivity index (χ0n) is 10.3. The maximum atomic E-state index is 8.84. The largest absolute Gasteiger partial charge is 0.396 e. The summed E-state index contributed by atoms with van der Waals surface area (Å²) in [6.07, 6.45) is 0.809. The summed E-state index contributed by atoms with van der Waals surface area (Å²) in [5, 5.41) is 8.84. The molecule has 0 saturated heterocycles. The van der Waals surface area contributed by atoms with Crippen molar-refractivity contribution in [1.82, 2.24) is 0 Å². The molecule has 0 aromatic rings. The SMILES string of the molecule is CC(C)C(C)COCC(C)(C)CCO. The number of aliphatic hydroxyl groups is 1. The lowest BCUT2D eigenvalue weighted by molar-refractivity contribution is 0.0243. The molecule has 0 radical (unpaired) electrons. The Bertz CT molecular complexity index is 141. The molecule has 0 bridgehead atoms. The molecule has 0 spiro atoms.